The second kappa shape index (κ2) is 9.43. The lowest BCUT2D eigenvalue weighted by Gasteiger charge is -2.19. The highest BCUT2D eigenvalue weighted by Crippen LogP contribution is 2.22. The van der Waals surface area contributed by atoms with Crippen LogP contribution in [-0.2, 0) is 6.61 Å². The van der Waals surface area contributed by atoms with E-state index in [-0.39, 0.29) is 11.9 Å². The number of halogens is 1. The van der Waals surface area contributed by atoms with Gasteiger partial charge in [0.1, 0.15) is 12.4 Å². The molecule has 0 saturated carbocycles. The maximum Gasteiger partial charge on any atom is 0.251 e. The van der Waals surface area contributed by atoms with Crippen molar-refractivity contribution in [3.63, 3.8) is 0 Å². The van der Waals surface area contributed by atoms with Crippen LogP contribution in [-0.4, -0.2) is 5.91 Å². The molecule has 1 unspecified atom stereocenters. The average Bonchev–Trinajstić information content (AvgIpc) is 2.72. The molecule has 0 bridgehead atoms. The first-order chi connectivity index (χ1) is 13.6. The normalized spacial score (nSPS) is 11.7. The van der Waals surface area contributed by atoms with E-state index in [0.717, 1.165) is 17.5 Å². The molecular formula is C24H24ClNO2. The van der Waals surface area contributed by atoms with Gasteiger partial charge >= 0.3 is 0 Å². The van der Waals surface area contributed by atoms with Gasteiger partial charge in [0.05, 0.1) is 6.04 Å². The monoisotopic (exact) mass is 393 g/mol. The van der Waals surface area contributed by atoms with E-state index in [9.17, 15) is 4.79 Å². The minimum Gasteiger partial charge on any atom is -0.489 e. The Labute approximate surface area is 171 Å². The first kappa shape index (κ1) is 20.0. The second-order valence-electron chi connectivity index (χ2n) is 6.70. The standard InChI is InChI=1S/C24H24ClNO2/c1-3-23(21-13-6-4-9-17(21)2)26-24(27)18-11-8-12-20(15-18)28-16-19-10-5-7-14-22(19)25/h4-15,23H,3,16H2,1-2H3,(H,26,27). The minimum absolute atomic E-state index is 0.0265. The largest absolute Gasteiger partial charge is 0.489 e. The van der Waals surface area contributed by atoms with Gasteiger partial charge in [-0.25, -0.2) is 0 Å². The van der Waals surface area contributed by atoms with E-state index in [1.54, 1.807) is 12.1 Å². The smallest absolute Gasteiger partial charge is 0.251 e. The van der Waals surface area contributed by atoms with Crippen LogP contribution < -0.4 is 10.1 Å². The van der Waals surface area contributed by atoms with Crippen LogP contribution in [0, 0.1) is 6.92 Å². The van der Waals surface area contributed by atoms with Gasteiger partial charge in [-0.05, 0) is 48.7 Å². The number of rotatable bonds is 7. The van der Waals surface area contributed by atoms with E-state index in [1.165, 1.54) is 5.56 Å². The van der Waals surface area contributed by atoms with Crippen LogP contribution in [0.1, 0.15) is 46.4 Å². The molecule has 0 aliphatic carbocycles. The average molecular weight is 394 g/mol. The zero-order chi connectivity index (χ0) is 19.9. The van der Waals surface area contributed by atoms with Gasteiger partial charge < -0.3 is 10.1 Å². The first-order valence-electron chi connectivity index (χ1n) is 9.41. The van der Waals surface area contributed by atoms with Crippen molar-refractivity contribution in [1.29, 1.82) is 0 Å². The van der Waals surface area contributed by atoms with Crippen molar-refractivity contribution in [2.45, 2.75) is 32.9 Å². The predicted octanol–water partition coefficient (Wildman–Crippen LogP) is 6.11. The van der Waals surface area contributed by atoms with Gasteiger partial charge in [0.25, 0.3) is 5.91 Å². The van der Waals surface area contributed by atoms with Gasteiger partial charge in [-0.3, -0.25) is 4.79 Å². The van der Waals surface area contributed by atoms with Gasteiger partial charge in [0.2, 0.25) is 0 Å². The number of nitrogens with one attached hydrogen (secondary N) is 1. The van der Waals surface area contributed by atoms with Gasteiger partial charge in [-0.2, -0.15) is 0 Å². The molecule has 0 radical (unpaired) electrons. The molecule has 0 aliphatic heterocycles. The molecule has 1 amide bonds. The molecule has 144 valence electrons. The zero-order valence-electron chi connectivity index (χ0n) is 16.1. The highest BCUT2D eigenvalue weighted by molar-refractivity contribution is 6.31. The third-order valence-corrected chi connectivity index (χ3v) is 5.09. The maximum absolute atomic E-state index is 12.8. The second-order valence-corrected chi connectivity index (χ2v) is 7.11. The molecule has 3 rings (SSSR count). The van der Waals surface area contributed by atoms with E-state index in [0.29, 0.717) is 22.9 Å². The van der Waals surface area contributed by atoms with Crippen LogP contribution in [0.4, 0.5) is 0 Å². The molecule has 0 fully saturated rings. The number of benzene rings is 3. The fraction of sp³-hybridized carbons (Fsp3) is 0.208. The summed E-state index contributed by atoms with van der Waals surface area (Å²) in [6.07, 6.45) is 0.819. The Hall–Kier alpha value is -2.78. The lowest BCUT2D eigenvalue weighted by molar-refractivity contribution is 0.0935. The Balaban J connectivity index is 1.69. The molecule has 0 aromatic heterocycles. The van der Waals surface area contributed by atoms with E-state index in [1.807, 2.05) is 48.5 Å². The SMILES string of the molecule is CCC(NC(=O)c1cccc(OCc2ccccc2Cl)c1)c1ccccc1C. The Bertz CT molecular complexity index is 955. The summed E-state index contributed by atoms with van der Waals surface area (Å²) in [6, 6.07) is 22.9. The summed E-state index contributed by atoms with van der Waals surface area (Å²) in [5.41, 5.74) is 3.80. The highest BCUT2D eigenvalue weighted by Gasteiger charge is 2.16. The van der Waals surface area contributed by atoms with Gasteiger partial charge in [0, 0.05) is 16.1 Å². The van der Waals surface area contributed by atoms with Crippen LogP contribution in [0.2, 0.25) is 5.02 Å². The number of hydrogen-bond acceptors (Lipinski definition) is 2. The van der Waals surface area contributed by atoms with Crippen molar-refractivity contribution in [3.8, 4) is 5.75 Å². The van der Waals surface area contributed by atoms with E-state index >= 15 is 0 Å². The maximum atomic E-state index is 12.8. The quantitative estimate of drug-likeness (QED) is 0.526. The molecule has 1 atom stereocenters. The third kappa shape index (κ3) is 4.93. The Morgan fingerprint density at radius 2 is 1.79 bits per heavy atom. The summed E-state index contributed by atoms with van der Waals surface area (Å²) >= 11 is 6.17. The molecule has 0 spiro atoms. The Morgan fingerprint density at radius 1 is 1.04 bits per heavy atom. The van der Waals surface area contributed by atoms with Gasteiger partial charge in [-0.1, -0.05) is 67.1 Å². The van der Waals surface area contributed by atoms with E-state index < -0.39 is 0 Å². The first-order valence-corrected chi connectivity index (χ1v) is 9.79. The van der Waals surface area contributed by atoms with E-state index in [4.69, 9.17) is 16.3 Å². The zero-order valence-corrected chi connectivity index (χ0v) is 16.9. The van der Waals surface area contributed by atoms with Crippen molar-refractivity contribution < 1.29 is 9.53 Å². The van der Waals surface area contributed by atoms with Crippen molar-refractivity contribution >= 4 is 17.5 Å². The van der Waals surface area contributed by atoms with Crippen molar-refractivity contribution in [1.82, 2.24) is 5.32 Å². The van der Waals surface area contributed by atoms with Crippen molar-refractivity contribution in [2.75, 3.05) is 0 Å². The summed E-state index contributed by atoms with van der Waals surface area (Å²) in [7, 11) is 0. The van der Waals surface area contributed by atoms with Crippen LogP contribution in [0.3, 0.4) is 0 Å². The van der Waals surface area contributed by atoms with Gasteiger partial charge in [-0.15, -0.1) is 0 Å². The van der Waals surface area contributed by atoms with Crippen molar-refractivity contribution in [2.24, 2.45) is 0 Å². The van der Waals surface area contributed by atoms with Crippen LogP contribution >= 0.6 is 11.6 Å². The number of aryl methyl sites for hydroxylation is 1. The third-order valence-electron chi connectivity index (χ3n) is 4.73. The Morgan fingerprint density at radius 3 is 2.54 bits per heavy atom. The number of ether oxygens (including phenoxy) is 1. The number of carbonyl (C=O) groups excluding carboxylic acids is 1. The van der Waals surface area contributed by atoms with E-state index in [2.05, 4.69) is 31.3 Å². The molecule has 28 heavy (non-hydrogen) atoms. The molecule has 4 heteroatoms. The van der Waals surface area contributed by atoms with Gasteiger partial charge in [0.15, 0.2) is 0 Å². The molecule has 0 saturated heterocycles. The summed E-state index contributed by atoms with van der Waals surface area (Å²) in [5, 5.41) is 3.80. The summed E-state index contributed by atoms with van der Waals surface area (Å²) in [6.45, 7) is 4.49. The topological polar surface area (TPSA) is 38.3 Å². The highest BCUT2D eigenvalue weighted by atomic mass is 35.5. The molecule has 3 nitrogen and oxygen atoms in total. The summed E-state index contributed by atoms with van der Waals surface area (Å²) < 4.78 is 5.83. The predicted molar refractivity (Wildman–Crippen MR) is 114 cm³/mol. The van der Waals surface area contributed by atoms with Crippen LogP contribution in [0.5, 0.6) is 5.75 Å². The lowest BCUT2D eigenvalue weighted by Crippen LogP contribution is -2.28. The van der Waals surface area contributed by atoms with Crippen molar-refractivity contribution in [3.05, 3.63) is 100 Å². The van der Waals surface area contributed by atoms with Crippen LogP contribution in [0.15, 0.2) is 72.8 Å². The molecule has 0 aliphatic rings. The fourth-order valence-electron chi connectivity index (χ4n) is 3.12. The Kier molecular flexibility index (Phi) is 6.72. The lowest BCUT2D eigenvalue weighted by atomic mass is 9.99. The molecular weight excluding hydrogens is 370 g/mol. The minimum atomic E-state index is -0.113. The fourth-order valence-corrected chi connectivity index (χ4v) is 3.31. The molecule has 3 aromatic rings. The summed E-state index contributed by atoms with van der Waals surface area (Å²) in [5.74, 6) is 0.523. The summed E-state index contributed by atoms with van der Waals surface area (Å²) in [4.78, 5) is 12.8. The van der Waals surface area contributed by atoms with Crippen LogP contribution in [0.25, 0.3) is 0 Å². The number of hydrogen-bond donors (Lipinski definition) is 1. The number of carbonyl (C=O) groups is 1. The number of amides is 1. The molecule has 1 N–H and O–H groups in total. The molecule has 3 aromatic carbocycles. The molecule has 0 heterocycles.